The van der Waals surface area contributed by atoms with Gasteiger partial charge in [-0.1, -0.05) is 6.07 Å². The zero-order chi connectivity index (χ0) is 13.8. The van der Waals surface area contributed by atoms with E-state index in [9.17, 15) is 8.78 Å². The number of rotatable bonds is 4. The minimum absolute atomic E-state index is 0.183. The fraction of sp³-hybridized carbons (Fsp3) is 0.231. The summed E-state index contributed by atoms with van der Waals surface area (Å²) in [5.74, 6) is 0.429. The molecule has 0 aliphatic heterocycles. The molecule has 1 N–H and O–H groups in total. The molecule has 0 saturated carbocycles. The standard InChI is InChI=1S/C13H13F2N3S/c1-8-12(15)13(16-2)18-11(17-8)7-19-10-5-3-4-9(14)6-10/h3-6H,7H2,1-2H3,(H,16,17,18). The largest absolute Gasteiger partial charge is 0.371 e. The summed E-state index contributed by atoms with van der Waals surface area (Å²) in [5, 5.41) is 2.69. The summed E-state index contributed by atoms with van der Waals surface area (Å²) < 4.78 is 26.6. The maximum Gasteiger partial charge on any atom is 0.186 e. The van der Waals surface area contributed by atoms with E-state index in [-0.39, 0.29) is 11.6 Å². The number of aromatic nitrogens is 2. The number of aryl methyl sites for hydroxylation is 1. The van der Waals surface area contributed by atoms with Gasteiger partial charge < -0.3 is 5.32 Å². The second-order valence-electron chi connectivity index (χ2n) is 3.88. The van der Waals surface area contributed by atoms with Crippen molar-refractivity contribution in [2.75, 3.05) is 12.4 Å². The van der Waals surface area contributed by atoms with Crippen molar-refractivity contribution in [1.82, 2.24) is 9.97 Å². The van der Waals surface area contributed by atoms with Crippen LogP contribution in [0, 0.1) is 18.6 Å². The first kappa shape index (κ1) is 13.7. The van der Waals surface area contributed by atoms with Gasteiger partial charge in [-0.15, -0.1) is 11.8 Å². The molecule has 19 heavy (non-hydrogen) atoms. The SMILES string of the molecule is CNc1nc(CSc2cccc(F)c2)nc(C)c1F. The maximum absolute atomic E-state index is 13.6. The molecule has 0 bridgehead atoms. The van der Waals surface area contributed by atoms with Crippen LogP contribution in [-0.2, 0) is 5.75 Å². The summed E-state index contributed by atoms with van der Waals surface area (Å²) in [6.07, 6.45) is 0. The number of nitrogens with one attached hydrogen (secondary N) is 1. The zero-order valence-corrected chi connectivity index (χ0v) is 11.4. The predicted molar refractivity (Wildman–Crippen MR) is 72.2 cm³/mol. The van der Waals surface area contributed by atoms with E-state index in [0.29, 0.717) is 17.3 Å². The molecule has 100 valence electrons. The van der Waals surface area contributed by atoms with Gasteiger partial charge in [0.2, 0.25) is 0 Å². The second kappa shape index (κ2) is 5.97. The molecule has 2 rings (SSSR count). The molecule has 2 aromatic rings. The molecule has 0 aliphatic carbocycles. The number of thioether (sulfide) groups is 1. The Bertz CT molecular complexity index is 590. The first-order valence-electron chi connectivity index (χ1n) is 5.69. The van der Waals surface area contributed by atoms with Crippen molar-refractivity contribution in [3.63, 3.8) is 0 Å². The Morgan fingerprint density at radius 1 is 1.26 bits per heavy atom. The molecule has 0 unspecified atom stereocenters. The Morgan fingerprint density at radius 3 is 2.74 bits per heavy atom. The van der Waals surface area contributed by atoms with Crippen LogP contribution in [0.4, 0.5) is 14.6 Å². The number of halogens is 2. The van der Waals surface area contributed by atoms with Crippen LogP contribution in [0.2, 0.25) is 0 Å². The molecule has 0 spiro atoms. The van der Waals surface area contributed by atoms with Crippen LogP contribution in [0.5, 0.6) is 0 Å². The van der Waals surface area contributed by atoms with Gasteiger partial charge in [0, 0.05) is 11.9 Å². The van der Waals surface area contributed by atoms with Crippen LogP contribution in [0.15, 0.2) is 29.2 Å². The van der Waals surface area contributed by atoms with Crippen molar-refractivity contribution in [2.45, 2.75) is 17.6 Å². The van der Waals surface area contributed by atoms with Gasteiger partial charge in [-0.2, -0.15) is 0 Å². The number of hydrogen-bond donors (Lipinski definition) is 1. The van der Waals surface area contributed by atoms with Crippen molar-refractivity contribution in [1.29, 1.82) is 0 Å². The fourth-order valence-corrected chi connectivity index (χ4v) is 2.35. The van der Waals surface area contributed by atoms with Crippen LogP contribution in [0.3, 0.4) is 0 Å². The molecular weight excluding hydrogens is 268 g/mol. The van der Waals surface area contributed by atoms with Crippen molar-refractivity contribution in [3.8, 4) is 0 Å². The third-order valence-electron chi connectivity index (χ3n) is 2.46. The highest BCUT2D eigenvalue weighted by atomic mass is 32.2. The van der Waals surface area contributed by atoms with E-state index in [2.05, 4.69) is 15.3 Å². The molecule has 3 nitrogen and oxygen atoms in total. The predicted octanol–water partition coefficient (Wildman–Crippen LogP) is 3.40. The highest BCUT2D eigenvalue weighted by Crippen LogP contribution is 2.23. The Labute approximate surface area is 114 Å². The van der Waals surface area contributed by atoms with Crippen LogP contribution in [-0.4, -0.2) is 17.0 Å². The maximum atomic E-state index is 13.6. The summed E-state index contributed by atoms with van der Waals surface area (Å²) in [6.45, 7) is 1.59. The van der Waals surface area contributed by atoms with Crippen LogP contribution in [0.25, 0.3) is 0 Å². The summed E-state index contributed by atoms with van der Waals surface area (Å²) in [4.78, 5) is 8.94. The lowest BCUT2D eigenvalue weighted by Gasteiger charge is -2.07. The molecule has 0 saturated heterocycles. The molecule has 1 heterocycles. The van der Waals surface area contributed by atoms with E-state index >= 15 is 0 Å². The van der Waals surface area contributed by atoms with Gasteiger partial charge >= 0.3 is 0 Å². The third kappa shape index (κ3) is 3.41. The monoisotopic (exact) mass is 281 g/mol. The average Bonchev–Trinajstić information content (AvgIpc) is 2.40. The van der Waals surface area contributed by atoms with Crippen LogP contribution < -0.4 is 5.32 Å². The van der Waals surface area contributed by atoms with Gasteiger partial charge in [-0.25, -0.2) is 18.7 Å². The minimum atomic E-state index is -0.443. The topological polar surface area (TPSA) is 37.8 Å². The Hall–Kier alpha value is -1.69. The molecule has 0 aliphatic rings. The summed E-state index contributed by atoms with van der Waals surface area (Å²) >= 11 is 1.41. The number of nitrogens with zero attached hydrogens (tertiary/aromatic N) is 2. The fourth-order valence-electron chi connectivity index (χ4n) is 1.55. The lowest BCUT2D eigenvalue weighted by molar-refractivity contribution is 0.603. The van der Waals surface area contributed by atoms with Crippen LogP contribution >= 0.6 is 11.8 Å². The summed E-state index contributed by atoms with van der Waals surface area (Å²) in [7, 11) is 1.61. The van der Waals surface area contributed by atoms with Gasteiger partial charge in [0.15, 0.2) is 11.6 Å². The Balaban J connectivity index is 2.13. The highest BCUT2D eigenvalue weighted by Gasteiger charge is 2.10. The van der Waals surface area contributed by atoms with Crippen molar-refractivity contribution in [3.05, 3.63) is 47.4 Å². The number of benzene rings is 1. The average molecular weight is 281 g/mol. The summed E-state index contributed by atoms with van der Waals surface area (Å²) in [6, 6.07) is 6.29. The van der Waals surface area contributed by atoms with Gasteiger partial charge in [0.05, 0.1) is 11.4 Å². The minimum Gasteiger partial charge on any atom is -0.371 e. The van der Waals surface area contributed by atoms with E-state index in [1.165, 1.54) is 23.9 Å². The van der Waals surface area contributed by atoms with E-state index in [4.69, 9.17) is 0 Å². The third-order valence-corrected chi connectivity index (χ3v) is 3.45. The first-order chi connectivity index (χ1) is 9.10. The Morgan fingerprint density at radius 2 is 2.05 bits per heavy atom. The van der Waals surface area contributed by atoms with E-state index < -0.39 is 5.82 Å². The molecule has 0 amide bonds. The molecule has 1 aromatic heterocycles. The van der Waals surface area contributed by atoms with Gasteiger partial charge in [-0.05, 0) is 25.1 Å². The van der Waals surface area contributed by atoms with E-state index in [0.717, 1.165) is 4.90 Å². The molecular formula is C13H13F2N3S. The zero-order valence-electron chi connectivity index (χ0n) is 10.6. The van der Waals surface area contributed by atoms with E-state index in [1.54, 1.807) is 20.0 Å². The number of anilines is 1. The van der Waals surface area contributed by atoms with Gasteiger partial charge in [0.25, 0.3) is 0 Å². The molecule has 1 aromatic carbocycles. The second-order valence-corrected chi connectivity index (χ2v) is 4.93. The van der Waals surface area contributed by atoms with E-state index in [1.807, 2.05) is 6.07 Å². The molecule has 0 radical (unpaired) electrons. The highest BCUT2D eigenvalue weighted by molar-refractivity contribution is 7.98. The van der Waals surface area contributed by atoms with Crippen LogP contribution in [0.1, 0.15) is 11.5 Å². The quantitative estimate of drug-likeness (QED) is 0.872. The lowest BCUT2D eigenvalue weighted by atomic mass is 10.3. The van der Waals surface area contributed by atoms with Crippen molar-refractivity contribution >= 4 is 17.6 Å². The van der Waals surface area contributed by atoms with Crippen molar-refractivity contribution < 1.29 is 8.78 Å². The number of hydrogen-bond acceptors (Lipinski definition) is 4. The Kier molecular flexibility index (Phi) is 4.31. The normalized spacial score (nSPS) is 10.5. The smallest absolute Gasteiger partial charge is 0.186 e. The van der Waals surface area contributed by atoms with Crippen molar-refractivity contribution in [2.24, 2.45) is 0 Å². The lowest BCUT2D eigenvalue weighted by Crippen LogP contribution is -2.05. The van der Waals surface area contributed by atoms with Gasteiger partial charge in [-0.3, -0.25) is 0 Å². The summed E-state index contributed by atoms with van der Waals surface area (Å²) in [5.41, 5.74) is 0.300. The first-order valence-corrected chi connectivity index (χ1v) is 6.68. The molecule has 0 fully saturated rings. The van der Waals surface area contributed by atoms with Gasteiger partial charge in [0.1, 0.15) is 11.6 Å². The molecule has 0 atom stereocenters. The molecule has 6 heteroatoms.